The van der Waals surface area contributed by atoms with Gasteiger partial charge in [0, 0.05) is 36.5 Å². The molecule has 15 nitrogen and oxygen atoms in total. The van der Waals surface area contributed by atoms with Crippen LogP contribution in [0.3, 0.4) is 0 Å². The van der Waals surface area contributed by atoms with Gasteiger partial charge < -0.3 is 25.6 Å². The van der Waals surface area contributed by atoms with Gasteiger partial charge in [-0.3, -0.25) is 29.1 Å². The number of aliphatic carboxylic acids is 1. The standard InChI is InChI=1S/C25H24N8O7S2.Na/c1-11-7-16(35)15(8-26-11)20(36)27-17(12-3-5-14(34)6-4-12)21(37)28-18-22(38)33-19(24(39)40)13(9-41-23(18)33)10-42-25-29-30-31-32(25)2;/h3-8,15,17-18,23,34H,9-10H2,1-2H3,(H,27,36)(H,28,37)(H,39,40);/q;+1/p-1. The van der Waals surface area contributed by atoms with E-state index in [0.29, 0.717) is 16.4 Å². The van der Waals surface area contributed by atoms with E-state index in [1.54, 1.807) is 14.0 Å². The summed E-state index contributed by atoms with van der Waals surface area (Å²) < 4.78 is 1.43. The van der Waals surface area contributed by atoms with Crippen LogP contribution in [0.25, 0.3) is 0 Å². The third kappa shape index (κ3) is 6.70. The Kier molecular flexibility index (Phi) is 10.1. The minimum atomic E-state index is -1.53. The Balaban J connectivity index is 0.00000423. The first kappa shape index (κ1) is 32.4. The molecular formula is C25H23N8NaO7S2. The number of aliphatic imine (C=N–C) groups is 1. The van der Waals surface area contributed by atoms with Crippen LogP contribution in [0, 0.1) is 5.92 Å². The van der Waals surface area contributed by atoms with E-state index in [4.69, 9.17) is 0 Å². The van der Waals surface area contributed by atoms with Crippen molar-refractivity contribution >= 4 is 59.2 Å². The van der Waals surface area contributed by atoms with E-state index in [1.165, 1.54) is 64.8 Å². The Morgan fingerprint density at radius 1 is 1.23 bits per heavy atom. The van der Waals surface area contributed by atoms with E-state index in [1.807, 2.05) is 0 Å². The molecule has 4 heterocycles. The molecule has 3 aliphatic rings. The van der Waals surface area contributed by atoms with E-state index in [0.717, 1.165) is 4.90 Å². The predicted molar refractivity (Wildman–Crippen MR) is 146 cm³/mol. The van der Waals surface area contributed by atoms with Crippen LogP contribution >= 0.6 is 23.5 Å². The van der Waals surface area contributed by atoms with Crippen LogP contribution in [-0.2, 0) is 31.0 Å². The number of tetrazole rings is 1. The Bertz CT molecular complexity index is 1580. The summed E-state index contributed by atoms with van der Waals surface area (Å²) in [6, 6.07) is 3.04. The molecule has 1 aromatic carbocycles. The van der Waals surface area contributed by atoms with Crippen molar-refractivity contribution in [3.8, 4) is 5.75 Å². The molecule has 1 saturated heterocycles. The van der Waals surface area contributed by atoms with Gasteiger partial charge in [-0.2, -0.15) is 0 Å². The molecule has 3 amide bonds. The number of aromatic nitrogens is 4. The van der Waals surface area contributed by atoms with Crippen molar-refractivity contribution in [1.29, 1.82) is 0 Å². The van der Waals surface area contributed by atoms with E-state index in [2.05, 4.69) is 31.2 Å². The first-order valence-electron chi connectivity index (χ1n) is 12.4. The average Bonchev–Trinajstić information content (AvgIpc) is 3.37. The van der Waals surface area contributed by atoms with Crippen molar-refractivity contribution in [1.82, 2.24) is 35.7 Å². The minimum Gasteiger partial charge on any atom is -0.543 e. The Morgan fingerprint density at radius 2 is 1.95 bits per heavy atom. The maximum atomic E-state index is 13.5. The quantitative estimate of drug-likeness (QED) is 0.103. The molecule has 3 N–H and O–H groups in total. The zero-order chi connectivity index (χ0) is 30.1. The topological polar surface area (TPSA) is 212 Å². The van der Waals surface area contributed by atoms with Crippen molar-refractivity contribution in [3.63, 3.8) is 0 Å². The number of nitrogens with zero attached hydrogens (tertiary/aromatic N) is 6. The number of carbonyl (C=O) groups excluding carboxylic acids is 5. The van der Waals surface area contributed by atoms with E-state index < -0.39 is 52.8 Å². The van der Waals surface area contributed by atoms with Crippen LogP contribution in [0.1, 0.15) is 18.5 Å². The number of aryl methyl sites for hydroxylation is 1. The minimum absolute atomic E-state index is 0. The van der Waals surface area contributed by atoms with E-state index >= 15 is 0 Å². The molecule has 5 rings (SSSR count). The molecular weight excluding hydrogens is 611 g/mol. The number of aromatic hydroxyl groups is 1. The Hall–Kier alpha value is -3.51. The maximum Gasteiger partial charge on any atom is 1.00 e. The fourth-order valence-corrected chi connectivity index (χ4v) is 6.84. The number of phenolic OH excluding ortho intramolecular Hbond substituents is 1. The first-order chi connectivity index (χ1) is 20.0. The molecule has 0 saturated carbocycles. The van der Waals surface area contributed by atoms with Crippen LogP contribution < -0.4 is 45.3 Å². The number of nitrogens with one attached hydrogen (secondary N) is 2. The SMILES string of the molecule is CC1=CC(=O)C(C(=O)NC(C(=O)NC2C(=O)N3C(C(=O)[O-])=C(CSc4nnnn4C)CSC23)c2ccc(O)cc2)C=N1.[Na+]. The molecule has 2 aromatic rings. The van der Waals surface area contributed by atoms with Crippen molar-refractivity contribution in [2.75, 3.05) is 11.5 Å². The number of ketones is 1. The Labute approximate surface area is 274 Å². The average molecular weight is 635 g/mol. The molecule has 3 aliphatic heterocycles. The second-order valence-electron chi connectivity index (χ2n) is 9.49. The fourth-order valence-electron chi connectivity index (χ4n) is 4.51. The summed E-state index contributed by atoms with van der Waals surface area (Å²) >= 11 is 2.47. The van der Waals surface area contributed by atoms with Gasteiger partial charge in [0.1, 0.15) is 29.1 Å². The van der Waals surface area contributed by atoms with Crippen molar-refractivity contribution in [3.05, 3.63) is 52.9 Å². The van der Waals surface area contributed by atoms with Gasteiger partial charge in [-0.05, 0) is 40.6 Å². The Morgan fingerprint density at radius 3 is 2.58 bits per heavy atom. The van der Waals surface area contributed by atoms with Crippen molar-refractivity contribution < 1.29 is 63.7 Å². The van der Waals surface area contributed by atoms with Crippen molar-refractivity contribution in [2.45, 2.75) is 29.5 Å². The molecule has 0 spiro atoms. The zero-order valence-electron chi connectivity index (χ0n) is 23.1. The molecule has 1 aromatic heterocycles. The largest absolute Gasteiger partial charge is 1.00 e. The van der Waals surface area contributed by atoms with Crippen LogP contribution in [0.5, 0.6) is 5.75 Å². The number of thioether (sulfide) groups is 2. The summed E-state index contributed by atoms with van der Waals surface area (Å²) in [7, 11) is 1.64. The summed E-state index contributed by atoms with van der Waals surface area (Å²) in [6.07, 6.45) is 2.41. The van der Waals surface area contributed by atoms with Gasteiger partial charge in [-0.15, -0.1) is 16.9 Å². The molecule has 4 atom stereocenters. The number of hydrogen-bond donors (Lipinski definition) is 3. The summed E-state index contributed by atoms with van der Waals surface area (Å²) in [5.74, 6) is -5.11. The monoisotopic (exact) mass is 634 g/mol. The van der Waals surface area contributed by atoms with Gasteiger partial charge in [0.15, 0.2) is 5.78 Å². The zero-order valence-corrected chi connectivity index (χ0v) is 26.7. The fraction of sp³-hybridized carbons (Fsp3) is 0.320. The number of amides is 3. The van der Waals surface area contributed by atoms with Gasteiger partial charge in [0.25, 0.3) is 5.91 Å². The van der Waals surface area contributed by atoms with Crippen LogP contribution in [0.15, 0.2) is 57.5 Å². The third-order valence-electron chi connectivity index (χ3n) is 6.64. The summed E-state index contributed by atoms with van der Waals surface area (Å²) in [5.41, 5.74) is 0.893. The third-order valence-corrected chi connectivity index (χ3v) is 9.07. The molecule has 0 bridgehead atoms. The smallest absolute Gasteiger partial charge is 0.543 e. The molecule has 4 unspecified atom stereocenters. The number of carboxylic acids is 1. The van der Waals surface area contributed by atoms with Crippen LogP contribution in [-0.4, -0.2) is 88.8 Å². The summed E-state index contributed by atoms with van der Waals surface area (Å²) in [4.78, 5) is 69.2. The molecule has 0 aliphatic carbocycles. The van der Waals surface area contributed by atoms with E-state index in [-0.39, 0.29) is 58.1 Å². The van der Waals surface area contributed by atoms with Gasteiger partial charge >= 0.3 is 29.6 Å². The molecule has 0 radical (unpaired) electrons. The first-order valence-corrected chi connectivity index (χ1v) is 14.5. The summed E-state index contributed by atoms with van der Waals surface area (Å²) in [5, 5.41) is 37.8. The van der Waals surface area contributed by atoms with Crippen molar-refractivity contribution in [2.24, 2.45) is 18.0 Å². The summed E-state index contributed by atoms with van der Waals surface area (Å²) in [6.45, 7) is 1.61. The van der Waals surface area contributed by atoms with E-state index in [9.17, 15) is 34.2 Å². The number of carbonyl (C=O) groups is 5. The number of rotatable bonds is 9. The molecule has 1 fully saturated rings. The predicted octanol–water partition coefficient (Wildman–Crippen LogP) is -4.55. The molecule has 43 heavy (non-hydrogen) atoms. The number of benzene rings is 1. The normalized spacial score (nSPS) is 21.7. The number of fused-ring (bicyclic) bond motifs is 1. The number of phenols is 1. The number of hydrogen-bond acceptors (Lipinski definition) is 13. The van der Waals surface area contributed by atoms with Gasteiger partial charge in [-0.25, -0.2) is 4.68 Å². The molecule has 218 valence electrons. The second kappa shape index (κ2) is 13.4. The maximum absolute atomic E-state index is 13.5. The molecule has 18 heteroatoms. The number of allylic oxidation sites excluding steroid dienone is 2. The van der Waals surface area contributed by atoms with Gasteiger partial charge in [0.05, 0.1) is 11.7 Å². The van der Waals surface area contributed by atoms with Gasteiger partial charge in [0.2, 0.25) is 17.0 Å². The van der Waals surface area contributed by atoms with Gasteiger partial charge in [-0.1, -0.05) is 23.9 Å². The second-order valence-corrected chi connectivity index (χ2v) is 11.5. The number of β-lactam (4-membered cyclic amide) rings is 1. The van der Waals surface area contributed by atoms with Crippen LogP contribution in [0.2, 0.25) is 0 Å². The number of carboxylic acid groups (broad SMARTS) is 1. The van der Waals surface area contributed by atoms with Crippen LogP contribution in [0.4, 0.5) is 0 Å².